The van der Waals surface area contributed by atoms with E-state index in [2.05, 4.69) is 52.5 Å². The van der Waals surface area contributed by atoms with Crippen molar-refractivity contribution in [2.24, 2.45) is 45.9 Å². The zero-order valence-electron chi connectivity index (χ0n) is 51.4. The quantitative estimate of drug-likeness (QED) is 0.0220. The van der Waals surface area contributed by atoms with Gasteiger partial charge in [0.1, 0.15) is 54.1 Å². The van der Waals surface area contributed by atoms with Gasteiger partial charge in [-0.05, 0) is 123 Å². The number of phenols is 1. The second-order valence-corrected chi connectivity index (χ2v) is 24.5. The van der Waals surface area contributed by atoms with Crippen molar-refractivity contribution in [2.75, 3.05) is 18.6 Å². The number of amides is 8. The summed E-state index contributed by atoms with van der Waals surface area (Å²) in [6.07, 6.45) is 2.85. The van der Waals surface area contributed by atoms with E-state index in [1.807, 2.05) is 32.0 Å². The Labute approximate surface area is 513 Å². The van der Waals surface area contributed by atoms with Crippen molar-refractivity contribution >= 4 is 87.8 Å². The molecule has 0 aliphatic heterocycles. The molecule has 0 spiro atoms. The molecule has 0 unspecified atom stereocenters. The van der Waals surface area contributed by atoms with Gasteiger partial charge in [-0.25, -0.2) is 4.79 Å². The number of nitrogens with one attached hydrogen (secondary N) is 9. The average molecular weight is 1240 g/mol. The van der Waals surface area contributed by atoms with E-state index in [0.717, 1.165) is 10.9 Å². The van der Waals surface area contributed by atoms with Crippen LogP contribution in [0.25, 0.3) is 10.9 Å². The first-order valence-corrected chi connectivity index (χ1v) is 30.9. The number of carbonyl (C=O) groups excluding carboxylic acids is 8. The number of para-hydroxylation sites is 1. The Morgan fingerprint density at radius 2 is 0.943 bits per heavy atom. The Morgan fingerprint density at radius 1 is 0.529 bits per heavy atom. The number of nitrogens with two attached hydrogens (primary N) is 3. The summed E-state index contributed by atoms with van der Waals surface area (Å²) in [5.74, 6) is -9.49. The van der Waals surface area contributed by atoms with Crippen LogP contribution in [0.15, 0.2) is 59.7 Å². The first kappa shape index (κ1) is 73.3. The molecule has 0 saturated carbocycles. The molecule has 9 atom stereocenters. The molecule has 3 aromatic rings. The predicted octanol–water partition coefficient (Wildman–Crippen LogP) is 1.80. The van der Waals surface area contributed by atoms with Gasteiger partial charge in [-0.2, -0.15) is 11.8 Å². The molecule has 18 N–H and O–H groups in total. The van der Waals surface area contributed by atoms with E-state index in [4.69, 9.17) is 17.2 Å². The third-order valence-corrected chi connectivity index (χ3v) is 14.5. The minimum absolute atomic E-state index is 0.0000774. The summed E-state index contributed by atoms with van der Waals surface area (Å²) in [5, 5.41) is 51.6. The number of aromatic amines is 1. The number of thioether (sulfide) groups is 1. The van der Waals surface area contributed by atoms with Gasteiger partial charge in [-0.15, -0.1) is 0 Å². The number of phenolic OH excluding ortho intramolecular Hbond substituents is 1. The third kappa shape index (κ3) is 26.7. The van der Waals surface area contributed by atoms with Crippen LogP contribution < -0.4 is 59.7 Å². The minimum atomic E-state index is -1.56. The number of fused-ring (bicyclic) bond motifs is 1. The molecule has 87 heavy (non-hydrogen) atoms. The van der Waals surface area contributed by atoms with Crippen molar-refractivity contribution in [3.05, 3.63) is 65.9 Å². The summed E-state index contributed by atoms with van der Waals surface area (Å²) in [6, 6.07) is 1.59. The van der Waals surface area contributed by atoms with Crippen LogP contribution in [0, 0.1) is 23.7 Å². The highest BCUT2D eigenvalue weighted by Crippen LogP contribution is 2.21. The Hall–Kier alpha value is -7.94. The molecule has 0 fully saturated rings. The van der Waals surface area contributed by atoms with Crippen molar-refractivity contribution in [3.63, 3.8) is 0 Å². The van der Waals surface area contributed by atoms with Crippen molar-refractivity contribution in [3.8, 4) is 5.75 Å². The number of benzene rings is 2. The van der Waals surface area contributed by atoms with E-state index < -0.39 is 126 Å². The molecule has 2 aromatic carbocycles. The highest BCUT2D eigenvalue weighted by molar-refractivity contribution is 7.98. The monoisotopic (exact) mass is 1240 g/mol. The van der Waals surface area contributed by atoms with Crippen LogP contribution in [0.1, 0.15) is 124 Å². The van der Waals surface area contributed by atoms with Gasteiger partial charge in [0.15, 0.2) is 5.96 Å². The molecular formula is C60H93N13O13S. The predicted molar refractivity (Wildman–Crippen MR) is 332 cm³/mol. The standard InChI is InChI=1S/C60H93N13O13S/c1-32(2)25-45(69-51(77)40(61)29-36-16-18-38(74)19-17-36)56(82)71-46(26-33(3)4)55(81)67-43(20-21-50(75)76)53(79)68-44(22-24-87-9)54(80)70-47(27-34(5)6)57(83)72-48(30-37-31-65-41-14-11-10-13-39(37)41)58(84)66-42(15-12-23-64-60(62)63)52(78)73-49(59(85)86)28-35(7)8/h10-11,13-14,16-19,31-35,40,42-49,65,74H,12,15,20-30,61H2,1-9H3,(H,66,84)(H,67,81)(H,68,79)(H,69,77)(H,70,80)(H,71,82)(H,72,83)(H,73,78)(H,75,76)(H,85,86)(H4,62,63,64)/t40-,42-,43-,44-,45-,46-,47-,48-,49-/m0/s1. The number of aliphatic imine (C=N–C) groups is 1. The van der Waals surface area contributed by atoms with E-state index >= 15 is 0 Å². The maximum absolute atomic E-state index is 14.7. The Bertz CT molecular complexity index is 2810. The number of carboxylic acid groups (broad SMARTS) is 2. The maximum atomic E-state index is 14.7. The summed E-state index contributed by atoms with van der Waals surface area (Å²) in [7, 11) is 0. The van der Waals surface area contributed by atoms with Gasteiger partial charge in [-0.1, -0.05) is 85.7 Å². The zero-order chi connectivity index (χ0) is 65.1. The van der Waals surface area contributed by atoms with Gasteiger partial charge >= 0.3 is 11.9 Å². The molecule has 0 aliphatic rings. The van der Waals surface area contributed by atoms with Crippen molar-refractivity contribution in [1.29, 1.82) is 0 Å². The van der Waals surface area contributed by atoms with E-state index in [0.29, 0.717) is 16.9 Å². The van der Waals surface area contributed by atoms with Crippen LogP contribution in [0.5, 0.6) is 5.75 Å². The number of H-pyrrole nitrogens is 1. The second-order valence-electron chi connectivity index (χ2n) is 23.5. The van der Waals surface area contributed by atoms with Crippen molar-refractivity contribution in [2.45, 2.75) is 180 Å². The Morgan fingerprint density at radius 3 is 1.41 bits per heavy atom. The van der Waals surface area contributed by atoms with E-state index in [-0.39, 0.29) is 99.7 Å². The first-order chi connectivity index (χ1) is 41.0. The highest BCUT2D eigenvalue weighted by atomic mass is 32.2. The lowest BCUT2D eigenvalue weighted by Crippen LogP contribution is -2.61. The average Bonchev–Trinajstić information content (AvgIpc) is 2.47. The minimum Gasteiger partial charge on any atom is -0.508 e. The van der Waals surface area contributed by atoms with Gasteiger partial charge < -0.3 is 80.0 Å². The fraction of sp³-hybridized carbons (Fsp3) is 0.583. The molecule has 26 nitrogen and oxygen atoms in total. The summed E-state index contributed by atoms with van der Waals surface area (Å²) in [5.41, 5.74) is 19.3. The van der Waals surface area contributed by atoms with Gasteiger partial charge in [0.05, 0.1) is 6.04 Å². The van der Waals surface area contributed by atoms with Crippen LogP contribution in [-0.2, 0) is 60.8 Å². The number of carbonyl (C=O) groups is 10. The largest absolute Gasteiger partial charge is 0.508 e. The molecule has 8 amide bonds. The number of rotatable bonds is 39. The summed E-state index contributed by atoms with van der Waals surface area (Å²) >= 11 is 1.34. The van der Waals surface area contributed by atoms with Gasteiger partial charge in [0, 0.05) is 36.5 Å². The molecule has 0 aliphatic carbocycles. The molecule has 27 heteroatoms. The van der Waals surface area contributed by atoms with Crippen LogP contribution >= 0.6 is 11.8 Å². The molecule has 1 aromatic heterocycles. The lowest BCUT2D eigenvalue weighted by molar-refractivity contribution is -0.143. The maximum Gasteiger partial charge on any atom is 0.326 e. The fourth-order valence-electron chi connectivity index (χ4n) is 9.51. The van der Waals surface area contributed by atoms with Gasteiger partial charge in [-0.3, -0.25) is 48.1 Å². The van der Waals surface area contributed by atoms with Crippen LogP contribution in [0.4, 0.5) is 0 Å². The summed E-state index contributed by atoms with van der Waals surface area (Å²) in [6.45, 7) is 14.5. The number of guanidine groups is 1. The smallest absolute Gasteiger partial charge is 0.326 e. The van der Waals surface area contributed by atoms with E-state index in [9.17, 15) is 63.3 Å². The van der Waals surface area contributed by atoms with Crippen molar-refractivity contribution in [1.82, 2.24) is 47.5 Å². The van der Waals surface area contributed by atoms with Crippen molar-refractivity contribution < 1.29 is 63.3 Å². The first-order valence-electron chi connectivity index (χ1n) is 29.5. The molecule has 0 bridgehead atoms. The molecular weight excluding hydrogens is 1140 g/mol. The number of carboxylic acids is 2. The molecule has 3 rings (SSSR count). The summed E-state index contributed by atoms with van der Waals surface area (Å²) < 4.78 is 0. The van der Waals surface area contributed by atoms with Gasteiger partial charge in [0.2, 0.25) is 47.3 Å². The fourth-order valence-corrected chi connectivity index (χ4v) is 9.98. The van der Waals surface area contributed by atoms with E-state index in [1.165, 1.54) is 23.9 Å². The number of hydrogen-bond acceptors (Lipinski definition) is 14. The second kappa shape index (κ2) is 36.9. The normalized spacial score (nSPS) is 14.5. The zero-order valence-corrected chi connectivity index (χ0v) is 52.2. The Balaban J connectivity index is 1.95. The molecule has 482 valence electrons. The Kier molecular flexibility index (Phi) is 31.1. The van der Waals surface area contributed by atoms with Crippen LogP contribution in [0.3, 0.4) is 0 Å². The number of aromatic hydroxyl groups is 1. The lowest BCUT2D eigenvalue weighted by atomic mass is 9.99. The van der Waals surface area contributed by atoms with Gasteiger partial charge in [0.25, 0.3) is 0 Å². The molecule has 1 heterocycles. The lowest BCUT2D eigenvalue weighted by Gasteiger charge is -2.29. The van der Waals surface area contributed by atoms with E-state index in [1.54, 1.807) is 72.2 Å². The molecule has 0 radical (unpaired) electrons. The SMILES string of the molecule is CSCC[C@H](NC(=O)[C@H](CCC(=O)O)NC(=O)[C@H](CC(C)C)NC(=O)[C@H](CC(C)C)NC(=O)[C@@H](N)Cc1ccc(O)cc1)C(=O)N[C@@H](CC(C)C)C(=O)N[C@@H](Cc1c[nH]c2ccccc12)C(=O)N[C@@H](CCCN=C(N)N)C(=O)N[C@@H](CC(C)C)C(=O)O. The summed E-state index contributed by atoms with van der Waals surface area (Å²) in [4.78, 5) is 145. The number of nitrogens with zero attached hydrogens (tertiary/aromatic N) is 1. The number of aliphatic carboxylic acids is 2. The van der Waals surface area contributed by atoms with Crippen LogP contribution in [0.2, 0.25) is 0 Å². The number of hydrogen-bond donors (Lipinski definition) is 15. The highest BCUT2D eigenvalue weighted by Gasteiger charge is 2.36. The van der Waals surface area contributed by atoms with Crippen LogP contribution in [-0.4, -0.2) is 158 Å². The third-order valence-electron chi connectivity index (χ3n) is 13.9. The number of aromatic nitrogens is 1. The topological polar surface area (TPSA) is 434 Å². The molecule has 0 saturated heterocycles.